The van der Waals surface area contributed by atoms with Gasteiger partial charge in [-0.1, -0.05) is 27.7 Å². The Morgan fingerprint density at radius 3 is 2.48 bits per heavy atom. The summed E-state index contributed by atoms with van der Waals surface area (Å²) < 4.78 is 5.84. The quantitative estimate of drug-likeness (QED) is 0.761. The number of ether oxygens (including phenoxy) is 1. The molecule has 1 aliphatic heterocycles. The summed E-state index contributed by atoms with van der Waals surface area (Å²) in [6, 6.07) is 3.65. The summed E-state index contributed by atoms with van der Waals surface area (Å²) in [5, 5.41) is 0. The van der Waals surface area contributed by atoms with Gasteiger partial charge in [0, 0.05) is 31.1 Å². The molecule has 1 saturated heterocycles. The van der Waals surface area contributed by atoms with Crippen molar-refractivity contribution in [1.82, 2.24) is 9.88 Å². The van der Waals surface area contributed by atoms with Crippen molar-refractivity contribution in [2.24, 2.45) is 11.8 Å². The SMILES string of the molecule is CC(C)CN(CC(C)C)C(=O)c1ccc(OC2CCSC2)nc1. The lowest BCUT2D eigenvalue weighted by atomic mass is 10.1. The van der Waals surface area contributed by atoms with Gasteiger partial charge >= 0.3 is 0 Å². The molecule has 1 aromatic heterocycles. The third kappa shape index (κ3) is 5.72. The number of pyridine rings is 1. The first kappa shape index (κ1) is 18.1. The first-order chi connectivity index (χ1) is 11.0. The minimum atomic E-state index is 0.0582. The van der Waals surface area contributed by atoms with Gasteiger partial charge in [0.1, 0.15) is 6.10 Å². The van der Waals surface area contributed by atoms with E-state index in [0.717, 1.165) is 31.0 Å². The standard InChI is InChI=1S/C18H28N2O2S/c1-13(2)10-20(11-14(3)4)18(21)15-5-6-17(19-9-15)22-16-7-8-23-12-16/h5-6,9,13-14,16H,7-8,10-12H2,1-4H3. The van der Waals surface area contributed by atoms with Gasteiger partial charge in [-0.25, -0.2) is 4.98 Å². The van der Waals surface area contributed by atoms with Crippen molar-refractivity contribution in [3.8, 4) is 5.88 Å². The molecular formula is C18H28N2O2S. The molecule has 4 nitrogen and oxygen atoms in total. The van der Waals surface area contributed by atoms with E-state index in [4.69, 9.17) is 4.74 Å². The smallest absolute Gasteiger partial charge is 0.255 e. The minimum absolute atomic E-state index is 0.0582. The number of hydrogen-bond donors (Lipinski definition) is 0. The van der Waals surface area contributed by atoms with E-state index in [1.807, 2.05) is 28.8 Å². The van der Waals surface area contributed by atoms with E-state index in [0.29, 0.717) is 23.3 Å². The highest BCUT2D eigenvalue weighted by Crippen LogP contribution is 2.22. The molecule has 0 aromatic carbocycles. The Bertz CT molecular complexity index is 486. The van der Waals surface area contributed by atoms with E-state index in [2.05, 4.69) is 32.7 Å². The van der Waals surface area contributed by atoms with E-state index in [1.165, 1.54) is 0 Å². The number of hydrogen-bond acceptors (Lipinski definition) is 4. The van der Waals surface area contributed by atoms with Crippen LogP contribution in [0.1, 0.15) is 44.5 Å². The first-order valence-corrected chi connectivity index (χ1v) is 9.61. The van der Waals surface area contributed by atoms with Gasteiger partial charge in [0.05, 0.1) is 5.56 Å². The van der Waals surface area contributed by atoms with Gasteiger partial charge in [-0.15, -0.1) is 0 Å². The van der Waals surface area contributed by atoms with Crippen LogP contribution in [0.25, 0.3) is 0 Å². The number of carbonyl (C=O) groups excluding carboxylic acids is 1. The van der Waals surface area contributed by atoms with Crippen molar-refractivity contribution >= 4 is 17.7 Å². The molecule has 1 aromatic rings. The summed E-state index contributed by atoms with van der Waals surface area (Å²) in [5.74, 6) is 3.76. The lowest BCUT2D eigenvalue weighted by Gasteiger charge is -2.26. The van der Waals surface area contributed by atoms with Crippen LogP contribution < -0.4 is 4.74 Å². The molecule has 1 unspecified atom stereocenters. The Morgan fingerprint density at radius 1 is 1.30 bits per heavy atom. The van der Waals surface area contributed by atoms with Crippen LogP contribution in [-0.2, 0) is 0 Å². The summed E-state index contributed by atoms with van der Waals surface area (Å²) in [6.45, 7) is 10.1. The van der Waals surface area contributed by atoms with Crippen LogP contribution in [0.5, 0.6) is 5.88 Å². The monoisotopic (exact) mass is 336 g/mol. The number of amides is 1. The van der Waals surface area contributed by atoms with Crippen LogP contribution in [0.4, 0.5) is 0 Å². The first-order valence-electron chi connectivity index (χ1n) is 8.45. The second-order valence-electron chi connectivity index (χ2n) is 6.99. The van der Waals surface area contributed by atoms with Crippen LogP contribution in [0.15, 0.2) is 18.3 Å². The van der Waals surface area contributed by atoms with Gasteiger partial charge in [0.15, 0.2) is 0 Å². The Hall–Kier alpha value is -1.23. The minimum Gasteiger partial charge on any atom is -0.473 e. The number of nitrogens with zero attached hydrogens (tertiary/aromatic N) is 2. The second kappa shape index (κ2) is 8.57. The number of aromatic nitrogens is 1. The van der Waals surface area contributed by atoms with Gasteiger partial charge in [-0.05, 0) is 30.1 Å². The molecular weight excluding hydrogens is 308 g/mol. The number of rotatable bonds is 7. The van der Waals surface area contributed by atoms with Crippen molar-refractivity contribution in [3.05, 3.63) is 23.9 Å². The summed E-state index contributed by atoms with van der Waals surface area (Å²) in [7, 11) is 0. The molecule has 1 atom stereocenters. The second-order valence-corrected chi connectivity index (χ2v) is 8.14. The van der Waals surface area contributed by atoms with Crippen LogP contribution in [0, 0.1) is 11.8 Å². The van der Waals surface area contributed by atoms with Crippen LogP contribution >= 0.6 is 11.8 Å². The van der Waals surface area contributed by atoms with Crippen LogP contribution in [-0.4, -0.2) is 46.5 Å². The highest BCUT2D eigenvalue weighted by atomic mass is 32.2. The predicted molar refractivity (Wildman–Crippen MR) is 96.2 cm³/mol. The van der Waals surface area contributed by atoms with E-state index >= 15 is 0 Å². The molecule has 0 saturated carbocycles. The fourth-order valence-electron chi connectivity index (χ4n) is 2.66. The summed E-state index contributed by atoms with van der Waals surface area (Å²) in [4.78, 5) is 19.0. The van der Waals surface area contributed by atoms with Gasteiger partial charge in [-0.2, -0.15) is 11.8 Å². The van der Waals surface area contributed by atoms with Crippen LogP contribution in [0.3, 0.4) is 0 Å². The fraction of sp³-hybridized carbons (Fsp3) is 0.667. The molecule has 2 rings (SSSR count). The largest absolute Gasteiger partial charge is 0.473 e. The predicted octanol–water partition coefficient (Wildman–Crippen LogP) is 3.72. The Balaban J connectivity index is 2.01. The third-order valence-corrected chi connectivity index (χ3v) is 4.75. The van der Waals surface area contributed by atoms with Crippen LogP contribution in [0.2, 0.25) is 0 Å². The van der Waals surface area contributed by atoms with Crippen molar-refractivity contribution in [3.63, 3.8) is 0 Å². The average Bonchev–Trinajstić information content (AvgIpc) is 2.98. The molecule has 2 heterocycles. The van der Waals surface area contributed by atoms with Gasteiger partial charge in [0.2, 0.25) is 5.88 Å². The van der Waals surface area contributed by atoms with E-state index in [9.17, 15) is 4.79 Å². The summed E-state index contributed by atoms with van der Waals surface area (Å²) in [6.07, 6.45) is 2.98. The number of carbonyl (C=O) groups is 1. The highest BCUT2D eigenvalue weighted by Gasteiger charge is 2.20. The van der Waals surface area contributed by atoms with Gasteiger partial charge in [-0.3, -0.25) is 4.79 Å². The van der Waals surface area contributed by atoms with Gasteiger partial charge < -0.3 is 9.64 Å². The molecule has 1 amide bonds. The maximum Gasteiger partial charge on any atom is 0.255 e. The maximum atomic E-state index is 12.7. The molecule has 0 spiro atoms. The lowest BCUT2D eigenvalue weighted by Crippen LogP contribution is -2.37. The van der Waals surface area contributed by atoms with Crippen molar-refractivity contribution in [1.29, 1.82) is 0 Å². The molecule has 5 heteroatoms. The molecule has 1 fully saturated rings. The van der Waals surface area contributed by atoms with E-state index in [-0.39, 0.29) is 12.0 Å². The summed E-state index contributed by atoms with van der Waals surface area (Å²) >= 11 is 1.91. The molecule has 0 N–H and O–H groups in total. The Kier molecular flexibility index (Phi) is 6.75. The van der Waals surface area contributed by atoms with Gasteiger partial charge in [0.25, 0.3) is 5.91 Å². The normalized spacial score (nSPS) is 17.7. The molecule has 0 aliphatic carbocycles. The molecule has 128 valence electrons. The average molecular weight is 337 g/mol. The molecule has 23 heavy (non-hydrogen) atoms. The highest BCUT2D eigenvalue weighted by molar-refractivity contribution is 7.99. The van der Waals surface area contributed by atoms with Crippen molar-refractivity contribution in [2.45, 2.75) is 40.2 Å². The Labute approximate surface area is 144 Å². The third-order valence-electron chi connectivity index (χ3n) is 3.62. The zero-order valence-electron chi connectivity index (χ0n) is 14.6. The zero-order chi connectivity index (χ0) is 16.8. The Morgan fingerprint density at radius 2 is 2.00 bits per heavy atom. The maximum absolute atomic E-state index is 12.7. The van der Waals surface area contributed by atoms with E-state index in [1.54, 1.807) is 6.20 Å². The summed E-state index contributed by atoms with van der Waals surface area (Å²) in [5.41, 5.74) is 0.638. The van der Waals surface area contributed by atoms with Crippen molar-refractivity contribution in [2.75, 3.05) is 24.6 Å². The fourth-order valence-corrected chi connectivity index (χ4v) is 3.75. The van der Waals surface area contributed by atoms with Crippen molar-refractivity contribution < 1.29 is 9.53 Å². The zero-order valence-corrected chi connectivity index (χ0v) is 15.4. The molecule has 1 aliphatic rings. The molecule has 0 bridgehead atoms. The molecule has 0 radical (unpaired) electrons. The topological polar surface area (TPSA) is 42.4 Å². The lowest BCUT2D eigenvalue weighted by molar-refractivity contribution is 0.0714. The van der Waals surface area contributed by atoms with E-state index < -0.39 is 0 Å². The number of thioether (sulfide) groups is 1.